The first-order valence-electron chi connectivity index (χ1n) is 7.13. The van der Waals surface area contributed by atoms with Crippen molar-refractivity contribution < 1.29 is 4.79 Å². The van der Waals surface area contributed by atoms with Crippen LogP contribution in [0.15, 0.2) is 24.3 Å². The average molecular weight is 297 g/mol. The van der Waals surface area contributed by atoms with Crippen LogP contribution in [0.25, 0.3) is 0 Å². The molecule has 1 aliphatic heterocycles. The fraction of sp³-hybridized carbons (Fsp3) is 0.562. The Hall–Kier alpha value is -1.06. The molecule has 2 rings (SSSR count). The van der Waals surface area contributed by atoms with Crippen molar-refractivity contribution in [1.29, 1.82) is 0 Å². The number of halogens is 1. The Balaban J connectivity index is 0.00000200. The zero-order chi connectivity index (χ0) is 13.9. The normalized spacial score (nSPS) is 22.2. The van der Waals surface area contributed by atoms with Crippen LogP contribution in [0.4, 0.5) is 5.69 Å². The maximum atomic E-state index is 12.4. The number of hydrogen-bond acceptors (Lipinski definition) is 2. The molecule has 1 aromatic rings. The van der Waals surface area contributed by atoms with E-state index in [-0.39, 0.29) is 23.7 Å². The standard InChI is InChI=1S/C16H24N2O.ClH/c1-12(2)13-5-7-14(8-6-13)18-15(19)16(3)9-4-10-17-11-16;/h5-8,12,17H,4,9-11H2,1-3H3,(H,18,19);1H. The number of carbonyl (C=O) groups excluding carboxylic acids is 1. The largest absolute Gasteiger partial charge is 0.326 e. The van der Waals surface area contributed by atoms with Gasteiger partial charge in [-0.05, 0) is 49.9 Å². The van der Waals surface area contributed by atoms with Gasteiger partial charge >= 0.3 is 0 Å². The molecule has 0 spiro atoms. The summed E-state index contributed by atoms with van der Waals surface area (Å²) in [4.78, 5) is 12.4. The van der Waals surface area contributed by atoms with E-state index in [2.05, 4.69) is 36.6 Å². The van der Waals surface area contributed by atoms with Gasteiger partial charge in [-0.2, -0.15) is 0 Å². The molecule has 1 unspecified atom stereocenters. The van der Waals surface area contributed by atoms with Gasteiger partial charge in [0.05, 0.1) is 5.41 Å². The van der Waals surface area contributed by atoms with Crippen LogP contribution < -0.4 is 10.6 Å². The molecule has 0 aliphatic carbocycles. The molecule has 1 atom stereocenters. The molecule has 1 amide bonds. The first-order valence-corrected chi connectivity index (χ1v) is 7.13. The molecular weight excluding hydrogens is 272 g/mol. The summed E-state index contributed by atoms with van der Waals surface area (Å²) < 4.78 is 0. The predicted octanol–water partition coefficient (Wildman–Crippen LogP) is 3.56. The number of anilines is 1. The number of hydrogen-bond donors (Lipinski definition) is 2. The van der Waals surface area contributed by atoms with Crippen molar-refractivity contribution in [3.8, 4) is 0 Å². The zero-order valence-electron chi connectivity index (χ0n) is 12.5. The third kappa shape index (κ3) is 3.97. The second kappa shape index (κ2) is 7.09. The first-order chi connectivity index (χ1) is 9.01. The number of amides is 1. The monoisotopic (exact) mass is 296 g/mol. The average Bonchev–Trinajstić information content (AvgIpc) is 2.40. The van der Waals surface area contributed by atoms with Crippen LogP contribution in [0, 0.1) is 5.41 Å². The van der Waals surface area contributed by atoms with Gasteiger partial charge in [-0.25, -0.2) is 0 Å². The van der Waals surface area contributed by atoms with Gasteiger partial charge in [-0.3, -0.25) is 4.79 Å². The Labute approximate surface area is 127 Å². The summed E-state index contributed by atoms with van der Waals surface area (Å²) in [7, 11) is 0. The number of piperidine rings is 1. The molecule has 1 aliphatic rings. The van der Waals surface area contributed by atoms with Gasteiger partial charge in [-0.15, -0.1) is 12.4 Å². The van der Waals surface area contributed by atoms with Crippen molar-refractivity contribution in [1.82, 2.24) is 5.32 Å². The molecule has 20 heavy (non-hydrogen) atoms. The molecular formula is C16H25ClN2O. The fourth-order valence-electron chi connectivity index (χ4n) is 2.48. The maximum Gasteiger partial charge on any atom is 0.231 e. The lowest BCUT2D eigenvalue weighted by molar-refractivity contribution is -0.125. The molecule has 1 fully saturated rings. The van der Waals surface area contributed by atoms with Crippen LogP contribution in [-0.2, 0) is 4.79 Å². The van der Waals surface area contributed by atoms with E-state index in [4.69, 9.17) is 0 Å². The Bertz CT molecular complexity index is 436. The molecule has 3 nitrogen and oxygen atoms in total. The van der Waals surface area contributed by atoms with Gasteiger partial charge in [0, 0.05) is 12.2 Å². The van der Waals surface area contributed by atoms with E-state index in [0.717, 1.165) is 31.6 Å². The van der Waals surface area contributed by atoms with Gasteiger partial charge in [-0.1, -0.05) is 26.0 Å². The zero-order valence-corrected chi connectivity index (χ0v) is 13.3. The van der Waals surface area contributed by atoms with Crippen LogP contribution in [0.2, 0.25) is 0 Å². The third-order valence-electron chi connectivity index (χ3n) is 3.98. The summed E-state index contributed by atoms with van der Waals surface area (Å²) in [5.41, 5.74) is 1.90. The third-order valence-corrected chi connectivity index (χ3v) is 3.98. The second-order valence-electron chi connectivity index (χ2n) is 6.07. The van der Waals surface area contributed by atoms with Gasteiger partial charge in [0.25, 0.3) is 0 Å². The van der Waals surface area contributed by atoms with Crippen LogP contribution in [-0.4, -0.2) is 19.0 Å². The highest BCUT2D eigenvalue weighted by Crippen LogP contribution is 2.27. The molecule has 2 N–H and O–H groups in total. The minimum atomic E-state index is -0.283. The van der Waals surface area contributed by atoms with Crippen molar-refractivity contribution >= 4 is 24.0 Å². The quantitative estimate of drug-likeness (QED) is 0.895. The summed E-state index contributed by atoms with van der Waals surface area (Å²) in [5.74, 6) is 0.641. The number of carbonyl (C=O) groups is 1. The molecule has 1 heterocycles. The second-order valence-corrected chi connectivity index (χ2v) is 6.07. The van der Waals surface area contributed by atoms with E-state index in [0.29, 0.717) is 5.92 Å². The predicted molar refractivity (Wildman–Crippen MR) is 86.6 cm³/mol. The SMILES string of the molecule is CC(C)c1ccc(NC(=O)C2(C)CCCNC2)cc1.Cl. The van der Waals surface area contributed by atoms with Gasteiger partial charge in [0.2, 0.25) is 5.91 Å². The topological polar surface area (TPSA) is 41.1 Å². The molecule has 1 saturated heterocycles. The molecule has 1 aromatic carbocycles. The molecule has 4 heteroatoms. The smallest absolute Gasteiger partial charge is 0.231 e. The Morgan fingerprint density at radius 2 is 1.95 bits per heavy atom. The van der Waals surface area contributed by atoms with Crippen LogP contribution >= 0.6 is 12.4 Å². The molecule has 0 aromatic heterocycles. The van der Waals surface area contributed by atoms with E-state index in [1.54, 1.807) is 0 Å². The summed E-state index contributed by atoms with van der Waals surface area (Å²) >= 11 is 0. The van der Waals surface area contributed by atoms with E-state index in [9.17, 15) is 4.79 Å². The van der Waals surface area contributed by atoms with Crippen molar-refractivity contribution in [2.45, 2.75) is 39.5 Å². The molecule has 112 valence electrons. The molecule has 0 radical (unpaired) electrons. The summed E-state index contributed by atoms with van der Waals surface area (Å²) in [6.07, 6.45) is 2.02. The van der Waals surface area contributed by atoms with Gasteiger partial charge in [0.1, 0.15) is 0 Å². The van der Waals surface area contributed by atoms with Gasteiger partial charge in [0.15, 0.2) is 0 Å². The molecule has 0 bridgehead atoms. The van der Waals surface area contributed by atoms with Crippen molar-refractivity contribution in [2.75, 3.05) is 18.4 Å². The summed E-state index contributed by atoms with van der Waals surface area (Å²) in [6, 6.07) is 8.16. The summed E-state index contributed by atoms with van der Waals surface area (Å²) in [6.45, 7) is 8.16. The Morgan fingerprint density at radius 3 is 2.45 bits per heavy atom. The van der Waals surface area contributed by atoms with E-state index in [1.165, 1.54) is 5.56 Å². The Kier molecular flexibility index (Phi) is 6.03. The van der Waals surface area contributed by atoms with Crippen molar-refractivity contribution in [2.24, 2.45) is 5.41 Å². The maximum absolute atomic E-state index is 12.4. The fourth-order valence-corrected chi connectivity index (χ4v) is 2.48. The van der Waals surface area contributed by atoms with E-state index in [1.807, 2.05) is 19.1 Å². The van der Waals surface area contributed by atoms with E-state index < -0.39 is 0 Å². The number of benzene rings is 1. The van der Waals surface area contributed by atoms with Crippen molar-refractivity contribution in [3.63, 3.8) is 0 Å². The lowest BCUT2D eigenvalue weighted by Gasteiger charge is -2.32. The first kappa shape index (κ1) is 17.0. The highest BCUT2D eigenvalue weighted by atomic mass is 35.5. The minimum Gasteiger partial charge on any atom is -0.326 e. The van der Waals surface area contributed by atoms with Crippen LogP contribution in [0.1, 0.15) is 45.1 Å². The lowest BCUT2D eigenvalue weighted by atomic mass is 9.82. The number of rotatable bonds is 3. The van der Waals surface area contributed by atoms with E-state index >= 15 is 0 Å². The minimum absolute atomic E-state index is 0. The number of nitrogens with one attached hydrogen (secondary N) is 2. The van der Waals surface area contributed by atoms with Crippen LogP contribution in [0.5, 0.6) is 0 Å². The highest BCUT2D eigenvalue weighted by molar-refractivity contribution is 5.95. The summed E-state index contributed by atoms with van der Waals surface area (Å²) in [5, 5.41) is 6.34. The molecule has 0 saturated carbocycles. The highest BCUT2D eigenvalue weighted by Gasteiger charge is 2.34. The Morgan fingerprint density at radius 1 is 1.30 bits per heavy atom. The van der Waals surface area contributed by atoms with Crippen LogP contribution in [0.3, 0.4) is 0 Å². The van der Waals surface area contributed by atoms with Gasteiger partial charge < -0.3 is 10.6 Å². The van der Waals surface area contributed by atoms with Crippen molar-refractivity contribution in [3.05, 3.63) is 29.8 Å². The lowest BCUT2D eigenvalue weighted by Crippen LogP contribution is -2.46.